The highest BCUT2D eigenvalue weighted by atomic mass is 16.1. The molecule has 1 amide bonds. The molecule has 1 aromatic rings. The summed E-state index contributed by atoms with van der Waals surface area (Å²) in [6, 6.07) is 3.75. The van der Waals surface area contributed by atoms with Gasteiger partial charge in [0.15, 0.2) is 0 Å². The molecule has 1 rings (SSSR count). The lowest BCUT2D eigenvalue weighted by Gasteiger charge is -2.02. The van der Waals surface area contributed by atoms with Crippen LogP contribution in [0, 0.1) is 6.92 Å². The lowest BCUT2D eigenvalue weighted by atomic mass is 10.1. The number of aromatic nitrogens is 1. The van der Waals surface area contributed by atoms with Gasteiger partial charge in [-0.1, -0.05) is 6.07 Å². The number of hydrogen-bond donors (Lipinski definition) is 1. The maximum absolute atomic E-state index is 11.0. The molecule has 64 valence electrons. The van der Waals surface area contributed by atoms with Crippen molar-refractivity contribution >= 4 is 5.91 Å². The van der Waals surface area contributed by atoms with E-state index in [0.29, 0.717) is 6.42 Å². The van der Waals surface area contributed by atoms with Crippen LogP contribution < -0.4 is 5.32 Å². The highest BCUT2D eigenvalue weighted by molar-refractivity contribution is 5.78. The fourth-order valence-corrected chi connectivity index (χ4v) is 0.966. The Bertz CT molecular complexity index is 284. The van der Waals surface area contributed by atoms with Gasteiger partial charge in [0.25, 0.3) is 0 Å². The summed E-state index contributed by atoms with van der Waals surface area (Å²) in [4.78, 5) is 15.1. The first-order chi connectivity index (χ1) is 5.74. The highest BCUT2D eigenvalue weighted by Crippen LogP contribution is 2.03. The summed E-state index contributed by atoms with van der Waals surface area (Å²) in [7, 11) is 1.63. The molecular weight excluding hydrogens is 152 g/mol. The van der Waals surface area contributed by atoms with E-state index in [9.17, 15) is 4.79 Å². The van der Waals surface area contributed by atoms with Crippen LogP contribution in [0.25, 0.3) is 0 Å². The van der Waals surface area contributed by atoms with Gasteiger partial charge >= 0.3 is 0 Å². The van der Waals surface area contributed by atoms with E-state index in [-0.39, 0.29) is 5.91 Å². The van der Waals surface area contributed by atoms with Crippen molar-refractivity contribution in [1.29, 1.82) is 0 Å². The van der Waals surface area contributed by atoms with E-state index in [1.807, 2.05) is 19.1 Å². The summed E-state index contributed by atoms with van der Waals surface area (Å²) >= 11 is 0. The lowest BCUT2D eigenvalue weighted by Crippen LogP contribution is -2.20. The van der Waals surface area contributed by atoms with Gasteiger partial charge in [0.05, 0.1) is 6.42 Å². The van der Waals surface area contributed by atoms with Gasteiger partial charge < -0.3 is 5.32 Å². The molecule has 0 aliphatic heterocycles. The van der Waals surface area contributed by atoms with Gasteiger partial charge in [0, 0.05) is 18.9 Å². The minimum absolute atomic E-state index is 0.0195. The van der Waals surface area contributed by atoms with E-state index < -0.39 is 0 Å². The molecule has 0 atom stereocenters. The average molecular weight is 164 g/mol. The van der Waals surface area contributed by atoms with Crippen LogP contribution in [-0.2, 0) is 11.2 Å². The molecule has 3 nitrogen and oxygen atoms in total. The van der Waals surface area contributed by atoms with E-state index in [1.54, 1.807) is 13.2 Å². The number of nitrogens with zero attached hydrogens (tertiary/aromatic N) is 1. The third kappa shape index (κ3) is 2.05. The molecule has 0 saturated heterocycles. The molecule has 1 aromatic heterocycles. The molecule has 3 heteroatoms. The first-order valence-electron chi connectivity index (χ1n) is 3.85. The van der Waals surface area contributed by atoms with Gasteiger partial charge in [-0.15, -0.1) is 0 Å². The van der Waals surface area contributed by atoms with Crippen molar-refractivity contribution in [3.05, 3.63) is 29.6 Å². The molecule has 0 fully saturated rings. The quantitative estimate of drug-likeness (QED) is 0.698. The Hall–Kier alpha value is -1.38. The van der Waals surface area contributed by atoms with Crippen LogP contribution >= 0.6 is 0 Å². The minimum Gasteiger partial charge on any atom is -0.359 e. The zero-order chi connectivity index (χ0) is 8.97. The summed E-state index contributed by atoms with van der Waals surface area (Å²) in [5.74, 6) is 0.0195. The molecule has 12 heavy (non-hydrogen) atoms. The molecule has 1 N–H and O–H groups in total. The van der Waals surface area contributed by atoms with Crippen LogP contribution in [0.2, 0.25) is 0 Å². The minimum atomic E-state index is 0.0195. The lowest BCUT2D eigenvalue weighted by molar-refractivity contribution is -0.119. The highest BCUT2D eigenvalue weighted by Gasteiger charge is 2.02. The molecule has 0 bridgehead atoms. The van der Waals surface area contributed by atoms with Gasteiger partial charge in [-0.3, -0.25) is 9.78 Å². The van der Waals surface area contributed by atoms with Crippen LogP contribution in [0.15, 0.2) is 18.3 Å². The van der Waals surface area contributed by atoms with E-state index in [0.717, 1.165) is 11.3 Å². The Morgan fingerprint density at radius 1 is 1.67 bits per heavy atom. The van der Waals surface area contributed by atoms with Crippen molar-refractivity contribution in [2.24, 2.45) is 0 Å². The fraction of sp³-hybridized carbons (Fsp3) is 0.333. The van der Waals surface area contributed by atoms with Crippen LogP contribution in [0.5, 0.6) is 0 Å². The monoisotopic (exact) mass is 164 g/mol. The van der Waals surface area contributed by atoms with Crippen LogP contribution in [0.4, 0.5) is 0 Å². The summed E-state index contributed by atoms with van der Waals surface area (Å²) in [5.41, 5.74) is 1.90. The van der Waals surface area contributed by atoms with Crippen molar-refractivity contribution in [2.45, 2.75) is 13.3 Å². The van der Waals surface area contributed by atoms with Gasteiger partial charge in [0.2, 0.25) is 5.91 Å². The van der Waals surface area contributed by atoms with Crippen molar-refractivity contribution in [1.82, 2.24) is 10.3 Å². The number of carbonyl (C=O) groups is 1. The molecule has 0 aliphatic carbocycles. The molecular formula is C9H12N2O. The predicted molar refractivity (Wildman–Crippen MR) is 46.7 cm³/mol. The smallest absolute Gasteiger partial charge is 0.224 e. The molecule has 0 aromatic carbocycles. The van der Waals surface area contributed by atoms with Gasteiger partial charge in [-0.2, -0.15) is 0 Å². The average Bonchev–Trinajstić information content (AvgIpc) is 2.09. The van der Waals surface area contributed by atoms with Crippen molar-refractivity contribution in [3.63, 3.8) is 0 Å². The molecule has 1 heterocycles. The number of likely N-dealkylation sites (N-methyl/N-ethyl adjacent to an activating group) is 1. The number of amides is 1. The topological polar surface area (TPSA) is 42.0 Å². The first kappa shape index (κ1) is 8.71. The second-order valence-electron chi connectivity index (χ2n) is 2.60. The largest absolute Gasteiger partial charge is 0.359 e. The van der Waals surface area contributed by atoms with Crippen molar-refractivity contribution in [3.8, 4) is 0 Å². The van der Waals surface area contributed by atoms with Crippen LogP contribution in [0.3, 0.4) is 0 Å². The molecule has 0 aliphatic rings. The SMILES string of the molecule is CNC(=O)Cc1cccnc1C. The normalized spacial score (nSPS) is 9.50. The fourth-order valence-electron chi connectivity index (χ4n) is 0.966. The number of nitrogens with one attached hydrogen (secondary N) is 1. The molecule has 0 unspecified atom stereocenters. The standard InChI is InChI=1S/C9H12N2O/c1-7-8(4-3-5-11-7)6-9(12)10-2/h3-5H,6H2,1-2H3,(H,10,12). The van der Waals surface area contributed by atoms with Gasteiger partial charge in [-0.25, -0.2) is 0 Å². The summed E-state index contributed by atoms with van der Waals surface area (Å²) in [6.07, 6.45) is 2.14. The van der Waals surface area contributed by atoms with Crippen molar-refractivity contribution < 1.29 is 4.79 Å². The first-order valence-corrected chi connectivity index (χ1v) is 3.85. The second kappa shape index (κ2) is 3.85. The maximum Gasteiger partial charge on any atom is 0.224 e. The van der Waals surface area contributed by atoms with Crippen LogP contribution in [-0.4, -0.2) is 17.9 Å². The molecule has 0 spiro atoms. The van der Waals surface area contributed by atoms with Crippen LogP contribution in [0.1, 0.15) is 11.3 Å². The zero-order valence-corrected chi connectivity index (χ0v) is 7.29. The van der Waals surface area contributed by atoms with Gasteiger partial charge in [-0.05, 0) is 18.6 Å². The molecule has 0 radical (unpaired) electrons. The number of pyridine rings is 1. The Morgan fingerprint density at radius 2 is 2.42 bits per heavy atom. The maximum atomic E-state index is 11.0. The van der Waals surface area contributed by atoms with E-state index in [1.165, 1.54) is 0 Å². The summed E-state index contributed by atoms with van der Waals surface area (Å²) in [5, 5.41) is 2.57. The summed E-state index contributed by atoms with van der Waals surface area (Å²) < 4.78 is 0. The van der Waals surface area contributed by atoms with E-state index in [2.05, 4.69) is 10.3 Å². The molecule has 0 saturated carbocycles. The second-order valence-corrected chi connectivity index (χ2v) is 2.60. The third-order valence-electron chi connectivity index (χ3n) is 1.75. The number of aryl methyl sites for hydroxylation is 1. The van der Waals surface area contributed by atoms with Crippen molar-refractivity contribution in [2.75, 3.05) is 7.05 Å². The van der Waals surface area contributed by atoms with Gasteiger partial charge in [0.1, 0.15) is 0 Å². The van der Waals surface area contributed by atoms with E-state index >= 15 is 0 Å². The zero-order valence-electron chi connectivity index (χ0n) is 7.29. The summed E-state index contributed by atoms with van der Waals surface area (Å²) in [6.45, 7) is 1.90. The Balaban J connectivity index is 2.75. The number of carbonyl (C=O) groups excluding carboxylic acids is 1. The number of rotatable bonds is 2. The Kier molecular flexibility index (Phi) is 2.80. The number of hydrogen-bond acceptors (Lipinski definition) is 2. The predicted octanol–water partition coefficient (Wildman–Crippen LogP) is 0.679. The Labute approximate surface area is 71.8 Å². The van der Waals surface area contributed by atoms with E-state index in [4.69, 9.17) is 0 Å². The third-order valence-corrected chi connectivity index (χ3v) is 1.75. The Morgan fingerprint density at radius 3 is 3.00 bits per heavy atom.